The lowest BCUT2D eigenvalue weighted by Crippen LogP contribution is -2.12. The number of ether oxygens (including phenoxy) is 2. The zero-order valence-electron chi connectivity index (χ0n) is 21.3. The molecule has 0 radical (unpaired) electrons. The summed E-state index contributed by atoms with van der Waals surface area (Å²) in [6, 6.07) is 21.5. The van der Waals surface area contributed by atoms with E-state index in [4.69, 9.17) is 14.0 Å². The van der Waals surface area contributed by atoms with Gasteiger partial charge in [0, 0.05) is 20.1 Å². The summed E-state index contributed by atoms with van der Waals surface area (Å²) in [7, 11) is 0. The number of rotatable bonds is 9. The first-order chi connectivity index (χ1) is 18.2. The van der Waals surface area contributed by atoms with E-state index in [1.54, 1.807) is 6.92 Å². The Bertz CT molecular complexity index is 1410. The first kappa shape index (κ1) is 27.8. The van der Waals surface area contributed by atoms with Crippen molar-refractivity contribution < 1.29 is 23.6 Å². The molecule has 0 unspecified atom stereocenters. The van der Waals surface area contributed by atoms with Crippen molar-refractivity contribution in [2.24, 2.45) is 0 Å². The predicted molar refractivity (Wildman–Crippen MR) is 153 cm³/mol. The van der Waals surface area contributed by atoms with E-state index in [0.717, 1.165) is 36.8 Å². The topological polar surface area (TPSA) is 78.6 Å². The zero-order chi connectivity index (χ0) is 27.2. The molecule has 0 N–H and O–H groups in total. The minimum absolute atomic E-state index is 0.0495. The number of aryl methyl sites for hydroxylation is 1. The molecule has 0 saturated heterocycles. The zero-order valence-corrected chi connectivity index (χ0v) is 24.5. The lowest BCUT2D eigenvalue weighted by Gasteiger charge is -2.14. The Kier molecular flexibility index (Phi) is 9.17. The molecule has 196 valence electrons. The van der Waals surface area contributed by atoms with Gasteiger partial charge in [-0.2, -0.15) is 0 Å². The third kappa shape index (κ3) is 6.99. The quantitative estimate of drug-likeness (QED) is 0.174. The largest absolute Gasteiger partial charge is 0.466 e. The molecule has 8 heteroatoms. The van der Waals surface area contributed by atoms with Crippen LogP contribution >= 0.6 is 31.9 Å². The predicted octanol–water partition coefficient (Wildman–Crippen LogP) is 7.79. The average Bonchev–Trinajstić information content (AvgIpc) is 3.23. The highest BCUT2D eigenvalue weighted by Crippen LogP contribution is 2.31. The Hall–Kier alpha value is -3.23. The number of esters is 2. The summed E-state index contributed by atoms with van der Waals surface area (Å²) in [5.74, 6) is -0.0448. The van der Waals surface area contributed by atoms with E-state index in [-0.39, 0.29) is 24.8 Å². The minimum atomic E-state index is -0.414. The summed E-state index contributed by atoms with van der Waals surface area (Å²) < 4.78 is 18.1. The molecule has 0 aliphatic carbocycles. The second kappa shape index (κ2) is 12.5. The van der Waals surface area contributed by atoms with Gasteiger partial charge in [0.15, 0.2) is 5.76 Å². The highest BCUT2D eigenvalue weighted by Gasteiger charge is 2.21. The third-order valence-corrected chi connectivity index (χ3v) is 6.97. The Labute approximate surface area is 238 Å². The van der Waals surface area contributed by atoms with Crippen LogP contribution in [0.3, 0.4) is 0 Å². The van der Waals surface area contributed by atoms with Gasteiger partial charge in [-0.05, 0) is 61.2 Å². The van der Waals surface area contributed by atoms with Gasteiger partial charge in [-0.25, -0.2) is 0 Å². The van der Waals surface area contributed by atoms with E-state index >= 15 is 0 Å². The Balaban J connectivity index is 1.45. The molecule has 0 bridgehead atoms. The van der Waals surface area contributed by atoms with Crippen molar-refractivity contribution in [1.29, 1.82) is 0 Å². The van der Waals surface area contributed by atoms with Crippen molar-refractivity contribution in [2.75, 3.05) is 6.61 Å². The molecule has 4 aromatic rings. The maximum Gasteiger partial charge on any atom is 0.311 e. The highest BCUT2D eigenvalue weighted by molar-refractivity contribution is 9.11. The fourth-order valence-electron chi connectivity index (χ4n) is 4.09. The Morgan fingerprint density at radius 1 is 0.868 bits per heavy atom. The van der Waals surface area contributed by atoms with Crippen LogP contribution in [0.25, 0.3) is 22.5 Å². The van der Waals surface area contributed by atoms with Gasteiger partial charge in [-0.1, -0.05) is 85.5 Å². The minimum Gasteiger partial charge on any atom is -0.466 e. The van der Waals surface area contributed by atoms with Crippen LogP contribution in [0.1, 0.15) is 42.3 Å². The van der Waals surface area contributed by atoms with Crippen LogP contribution in [0.4, 0.5) is 0 Å². The van der Waals surface area contributed by atoms with Crippen LogP contribution in [0, 0.1) is 6.92 Å². The fraction of sp³-hybridized carbons (Fsp3) is 0.233. The maximum absolute atomic E-state index is 12.8. The van der Waals surface area contributed by atoms with Crippen molar-refractivity contribution in [3.63, 3.8) is 0 Å². The van der Waals surface area contributed by atoms with Crippen molar-refractivity contribution in [3.05, 3.63) is 98.1 Å². The van der Waals surface area contributed by atoms with Gasteiger partial charge in [0.05, 0.1) is 25.1 Å². The Morgan fingerprint density at radius 3 is 2.05 bits per heavy atom. The molecule has 38 heavy (non-hydrogen) atoms. The third-order valence-electron chi connectivity index (χ3n) is 6.06. The maximum atomic E-state index is 12.8. The standard InChI is InChI=1S/C30H27Br2NO5/c1-4-36-28(34)13-20-5-7-21(8-6-20)22-9-11-23(12-10-22)30-27(18(2)33-38-30)17-29(35)37-19(3)24-14-25(31)16-26(32)15-24/h5-12,14-16,19H,4,13,17H2,1-3H3/t19-/m1/s1. The SMILES string of the molecule is CCOC(=O)Cc1ccc(-c2ccc(-c3onc(C)c3CC(=O)O[C@H](C)c3cc(Br)cc(Br)c3)cc2)cc1. The summed E-state index contributed by atoms with van der Waals surface area (Å²) in [4.78, 5) is 24.5. The highest BCUT2D eigenvalue weighted by atomic mass is 79.9. The van der Waals surface area contributed by atoms with Crippen LogP contribution in [-0.2, 0) is 31.9 Å². The molecule has 6 nitrogen and oxygen atoms in total. The fourth-order valence-corrected chi connectivity index (χ4v) is 5.42. The van der Waals surface area contributed by atoms with E-state index in [1.807, 2.05) is 80.6 Å². The first-order valence-corrected chi connectivity index (χ1v) is 13.8. The summed E-state index contributed by atoms with van der Waals surface area (Å²) in [5.41, 5.74) is 5.99. The second-order valence-corrected chi connectivity index (χ2v) is 10.7. The number of nitrogens with zero attached hydrogens (tertiary/aromatic N) is 1. The van der Waals surface area contributed by atoms with E-state index in [9.17, 15) is 9.59 Å². The van der Waals surface area contributed by atoms with Crippen molar-refractivity contribution in [1.82, 2.24) is 5.16 Å². The molecule has 0 aliphatic rings. The van der Waals surface area contributed by atoms with Crippen LogP contribution < -0.4 is 0 Å². The number of halogens is 2. The van der Waals surface area contributed by atoms with Crippen molar-refractivity contribution in [3.8, 4) is 22.5 Å². The molecule has 1 aromatic heterocycles. The number of carbonyl (C=O) groups excluding carboxylic acids is 2. The molecular formula is C30H27Br2NO5. The molecule has 0 spiro atoms. The molecule has 1 atom stereocenters. The van der Waals surface area contributed by atoms with E-state index < -0.39 is 6.10 Å². The summed E-state index contributed by atoms with van der Waals surface area (Å²) in [6.07, 6.45) is -0.112. The van der Waals surface area contributed by atoms with Gasteiger partial charge in [0.2, 0.25) is 0 Å². The van der Waals surface area contributed by atoms with Gasteiger partial charge in [0.25, 0.3) is 0 Å². The molecule has 0 fully saturated rings. The number of carbonyl (C=O) groups is 2. The molecule has 0 aliphatic heterocycles. The molecule has 0 amide bonds. The molecule has 1 heterocycles. The lowest BCUT2D eigenvalue weighted by atomic mass is 9.99. The summed E-state index contributed by atoms with van der Waals surface area (Å²) in [5, 5.41) is 4.10. The number of hydrogen-bond donors (Lipinski definition) is 0. The van der Waals surface area contributed by atoms with Crippen molar-refractivity contribution >= 4 is 43.8 Å². The van der Waals surface area contributed by atoms with Gasteiger partial charge in [0.1, 0.15) is 6.10 Å². The molecular weight excluding hydrogens is 614 g/mol. The lowest BCUT2D eigenvalue weighted by molar-refractivity contribution is -0.147. The molecule has 0 saturated carbocycles. The van der Waals surface area contributed by atoms with Gasteiger partial charge in [-0.15, -0.1) is 0 Å². The number of aromatic nitrogens is 1. The number of benzene rings is 3. The van der Waals surface area contributed by atoms with Crippen molar-refractivity contribution in [2.45, 2.75) is 39.7 Å². The number of hydrogen-bond acceptors (Lipinski definition) is 6. The molecule has 3 aromatic carbocycles. The smallest absolute Gasteiger partial charge is 0.311 e. The van der Waals surface area contributed by atoms with E-state index in [1.165, 1.54) is 0 Å². The van der Waals surface area contributed by atoms with E-state index in [2.05, 4.69) is 37.0 Å². The van der Waals surface area contributed by atoms with Crippen LogP contribution in [0.2, 0.25) is 0 Å². The first-order valence-electron chi connectivity index (χ1n) is 12.2. The van der Waals surface area contributed by atoms with Crippen LogP contribution in [0.15, 0.2) is 80.2 Å². The summed E-state index contributed by atoms with van der Waals surface area (Å²) in [6.45, 7) is 5.83. The van der Waals surface area contributed by atoms with Crippen LogP contribution in [0.5, 0.6) is 0 Å². The second-order valence-electron chi connectivity index (χ2n) is 8.84. The van der Waals surface area contributed by atoms with Gasteiger partial charge in [-0.3, -0.25) is 9.59 Å². The van der Waals surface area contributed by atoms with Gasteiger partial charge < -0.3 is 14.0 Å². The van der Waals surface area contributed by atoms with E-state index in [0.29, 0.717) is 23.6 Å². The summed E-state index contributed by atoms with van der Waals surface area (Å²) >= 11 is 6.94. The monoisotopic (exact) mass is 639 g/mol. The molecule has 4 rings (SSSR count). The normalized spacial score (nSPS) is 11.7. The average molecular weight is 641 g/mol. The van der Waals surface area contributed by atoms with Crippen LogP contribution in [-0.4, -0.2) is 23.7 Å². The van der Waals surface area contributed by atoms with Gasteiger partial charge >= 0.3 is 11.9 Å². The Morgan fingerprint density at radius 2 is 1.45 bits per heavy atom.